The highest BCUT2D eigenvalue weighted by molar-refractivity contribution is 7.17. The van der Waals surface area contributed by atoms with Crippen LogP contribution in [0.25, 0.3) is 10.6 Å². The molecule has 0 aromatic carbocycles. The van der Waals surface area contributed by atoms with Crippen LogP contribution in [0.3, 0.4) is 0 Å². The molecule has 1 amide bonds. The maximum atomic E-state index is 12.9. The Morgan fingerprint density at radius 1 is 1.26 bits per heavy atom. The van der Waals surface area contributed by atoms with Gasteiger partial charge in [-0.2, -0.15) is 0 Å². The van der Waals surface area contributed by atoms with Gasteiger partial charge in [0.1, 0.15) is 9.88 Å². The third-order valence-electron chi connectivity index (χ3n) is 6.01. The predicted octanol–water partition coefficient (Wildman–Crippen LogP) is 3.63. The number of aryl methyl sites for hydroxylation is 1. The van der Waals surface area contributed by atoms with Crippen molar-refractivity contribution in [2.75, 3.05) is 46.0 Å². The molecule has 4 heterocycles. The molecule has 0 spiro atoms. The first kappa shape index (κ1) is 22.2. The molecular formula is C23H32N4O3S. The molecule has 2 aromatic rings. The standard InChI is InChI=1S/C23H32N4O3S/c1-17-6-3-9-26(17)10-5-14-30-20-8-7-19(16-24-20)22-25-18(2)21(31-22)23(28)27-11-4-13-29-15-12-27/h7-8,16-17H,3-6,9-15H2,1-2H3. The van der Waals surface area contributed by atoms with Crippen molar-refractivity contribution in [1.29, 1.82) is 0 Å². The number of carbonyl (C=O) groups excluding carboxylic acids is 1. The van der Waals surface area contributed by atoms with E-state index in [1.165, 1.54) is 30.7 Å². The molecule has 1 unspecified atom stereocenters. The molecule has 0 radical (unpaired) electrons. The molecule has 31 heavy (non-hydrogen) atoms. The lowest BCUT2D eigenvalue weighted by Gasteiger charge is -2.20. The topological polar surface area (TPSA) is 67.8 Å². The SMILES string of the molecule is Cc1nc(-c2ccc(OCCCN3CCCC3C)nc2)sc1C(=O)N1CCCOCC1. The minimum atomic E-state index is 0.0481. The molecule has 0 aliphatic carbocycles. The maximum Gasteiger partial charge on any atom is 0.265 e. The fraction of sp³-hybridized carbons (Fsp3) is 0.609. The van der Waals surface area contributed by atoms with Crippen molar-refractivity contribution in [2.45, 2.75) is 45.6 Å². The summed E-state index contributed by atoms with van der Waals surface area (Å²) >= 11 is 1.43. The molecule has 0 saturated carbocycles. The minimum Gasteiger partial charge on any atom is -0.478 e. The fourth-order valence-electron chi connectivity index (χ4n) is 4.17. The lowest BCUT2D eigenvalue weighted by molar-refractivity contribution is 0.0745. The van der Waals surface area contributed by atoms with Crippen LogP contribution in [-0.2, 0) is 4.74 Å². The van der Waals surface area contributed by atoms with Crippen LogP contribution in [0.1, 0.15) is 48.0 Å². The number of pyridine rings is 1. The molecule has 2 aliphatic rings. The number of rotatable bonds is 7. The lowest BCUT2D eigenvalue weighted by Crippen LogP contribution is -2.33. The summed E-state index contributed by atoms with van der Waals surface area (Å²) in [5.41, 5.74) is 1.68. The molecule has 168 valence electrons. The van der Waals surface area contributed by atoms with Gasteiger partial charge in [-0.05, 0) is 52.1 Å². The Balaban J connectivity index is 1.32. The van der Waals surface area contributed by atoms with Crippen LogP contribution in [-0.4, -0.2) is 77.7 Å². The number of ether oxygens (including phenoxy) is 2. The highest BCUT2D eigenvalue weighted by Gasteiger charge is 2.23. The Labute approximate surface area is 188 Å². The van der Waals surface area contributed by atoms with Crippen molar-refractivity contribution < 1.29 is 14.3 Å². The van der Waals surface area contributed by atoms with Crippen LogP contribution in [0, 0.1) is 6.92 Å². The molecular weight excluding hydrogens is 412 g/mol. The minimum absolute atomic E-state index is 0.0481. The van der Waals surface area contributed by atoms with E-state index in [1.54, 1.807) is 6.20 Å². The molecule has 2 saturated heterocycles. The van der Waals surface area contributed by atoms with Crippen molar-refractivity contribution in [3.8, 4) is 16.5 Å². The molecule has 4 rings (SSSR count). The molecule has 0 N–H and O–H groups in total. The summed E-state index contributed by atoms with van der Waals surface area (Å²) < 4.78 is 11.3. The summed E-state index contributed by atoms with van der Waals surface area (Å²) in [7, 11) is 0. The molecule has 1 atom stereocenters. The zero-order valence-corrected chi connectivity index (χ0v) is 19.3. The number of hydrogen-bond acceptors (Lipinski definition) is 7. The predicted molar refractivity (Wildman–Crippen MR) is 122 cm³/mol. The van der Waals surface area contributed by atoms with Gasteiger partial charge in [0.25, 0.3) is 5.91 Å². The van der Waals surface area contributed by atoms with Gasteiger partial charge < -0.3 is 19.3 Å². The van der Waals surface area contributed by atoms with E-state index in [2.05, 4.69) is 21.8 Å². The zero-order chi connectivity index (χ0) is 21.6. The molecule has 2 fully saturated rings. The van der Waals surface area contributed by atoms with Crippen molar-refractivity contribution >= 4 is 17.2 Å². The summed E-state index contributed by atoms with van der Waals surface area (Å²) in [6.07, 6.45) is 6.27. The largest absolute Gasteiger partial charge is 0.478 e. The van der Waals surface area contributed by atoms with E-state index in [1.807, 2.05) is 24.0 Å². The number of amides is 1. The average molecular weight is 445 g/mol. The number of aromatic nitrogens is 2. The smallest absolute Gasteiger partial charge is 0.265 e. The molecule has 2 aliphatic heterocycles. The number of likely N-dealkylation sites (tertiary alicyclic amines) is 1. The Kier molecular flexibility index (Phi) is 7.53. The van der Waals surface area contributed by atoms with Crippen molar-refractivity contribution in [1.82, 2.24) is 19.8 Å². The van der Waals surface area contributed by atoms with E-state index in [0.29, 0.717) is 43.2 Å². The van der Waals surface area contributed by atoms with Gasteiger partial charge in [0.2, 0.25) is 5.88 Å². The van der Waals surface area contributed by atoms with E-state index < -0.39 is 0 Å². The van der Waals surface area contributed by atoms with Gasteiger partial charge in [0, 0.05) is 50.1 Å². The first-order valence-corrected chi connectivity index (χ1v) is 12.1. The van der Waals surface area contributed by atoms with Crippen LogP contribution in [0.5, 0.6) is 5.88 Å². The molecule has 8 heteroatoms. The van der Waals surface area contributed by atoms with E-state index in [0.717, 1.165) is 42.2 Å². The number of nitrogens with zero attached hydrogens (tertiary/aromatic N) is 4. The second-order valence-corrected chi connectivity index (χ2v) is 9.31. The fourth-order valence-corrected chi connectivity index (χ4v) is 5.20. The monoisotopic (exact) mass is 444 g/mol. The third-order valence-corrected chi connectivity index (χ3v) is 7.21. The van der Waals surface area contributed by atoms with Gasteiger partial charge in [0.15, 0.2) is 0 Å². The van der Waals surface area contributed by atoms with Crippen LogP contribution in [0.4, 0.5) is 0 Å². The molecule has 7 nitrogen and oxygen atoms in total. The first-order valence-electron chi connectivity index (χ1n) is 11.3. The second-order valence-electron chi connectivity index (χ2n) is 8.31. The Bertz CT molecular complexity index is 862. The van der Waals surface area contributed by atoms with E-state index in [-0.39, 0.29) is 5.91 Å². The Morgan fingerprint density at radius 2 is 2.16 bits per heavy atom. The summed E-state index contributed by atoms with van der Waals surface area (Å²) in [4.78, 5) is 27.1. The van der Waals surface area contributed by atoms with Crippen molar-refractivity contribution in [3.05, 3.63) is 28.9 Å². The van der Waals surface area contributed by atoms with Gasteiger partial charge in [0.05, 0.1) is 18.9 Å². The average Bonchev–Trinajstić information content (AvgIpc) is 3.25. The Morgan fingerprint density at radius 3 is 2.94 bits per heavy atom. The summed E-state index contributed by atoms with van der Waals surface area (Å²) in [5.74, 6) is 0.680. The van der Waals surface area contributed by atoms with Gasteiger partial charge in [-0.15, -0.1) is 11.3 Å². The summed E-state index contributed by atoms with van der Waals surface area (Å²) in [6.45, 7) is 9.83. The second kappa shape index (κ2) is 10.5. The van der Waals surface area contributed by atoms with Crippen molar-refractivity contribution in [2.24, 2.45) is 0 Å². The molecule has 0 bridgehead atoms. The summed E-state index contributed by atoms with van der Waals surface area (Å²) in [6, 6.07) is 4.55. The van der Waals surface area contributed by atoms with E-state index in [9.17, 15) is 4.79 Å². The van der Waals surface area contributed by atoms with Crippen molar-refractivity contribution in [3.63, 3.8) is 0 Å². The van der Waals surface area contributed by atoms with Gasteiger partial charge in [-0.1, -0.05) is 0 Å². The maximum absolute atomic E-state index is 12.9. The highest BCUT2D eigenvalue weighted by atomic mass is 32.1. The van der Waals surface area contributed by atoms with Gasteiger partial charge >= 0.3 is 0 Å². The number of thiazole rings is 1. The molecule has 2 aromatic heterocycles. The zero-order valence-electron chi connectivity index (χ0n) is 18.5. The van der Waals surface area contributed by atoms with Crippen LogP contribution >= 0.6 is 11.3 Å². The number of hydrogen-bond donors (Lipinski definition) is 0. The van der Waals surface area contributed by atoms with Gasteiger partial charge in [-0.25, -0.2) is 9.97 Å². The quantitative estimate of drug-likeness (QED) is 0.608. The van der Waals surface area contributed by atoms with Gasteiger partial charge in [-0.3, -0.25) is 4.79 Å². The summed E-state index contributed by atoms with van der Waals surface area (Å²) in [5, 5.41) is 0.814. The number of carbonyl (C=O) groups is 1. The van der Waals surface area contributed by atoms with Crippen LogP contribution in [0.2, 0.25) is 0 Å². The first-order chi connectivity index (χ1) is 15.1. The highest BCUT2D eigenvalue weighted by Crippen LogP contribution is 2.29. The van der Waals surface area contributed by atoms with E-state index in [4.69, 9.17) is 9.47 Å². The Hall–Kier alpha value is -2.03. The lowest BCUT2D eigenvalue weighted by atomic mass is 10.2. The van der Waals surface area contributed by atoms with Crippen LogP contribution < -0.4 is 4.74 Å². The van der Waals surface area contributed by atoms with Crippen LogP contribution in [0.15, 0.2) is 18.3 Å². The van der Waals surface area contributed by atoms with E-state index >= 15 is 0 Å². The normalized spacial score (nSPS) is 20.1. The third kappa shape index (κ3) is 5.61.